The van der Waals surface area contributed by atoms with Gasteiger partial charge in [0.15, 0.2) is 0 Å². The number of nitrogens with zero attached hydrogens (tertiary/aromatic N) is 4. The van der Waals surface area contributed by atoms with E-state index in [9.17, 15) is 0 Å². The van der Waals surface area contributed by atoms with Gasteiger partial charge in [0.2, 0.25) is 0 Å². The summed E-state index contributed by atoms with van der Waals surface area (Å²) in [5.74, 6) is 0. The molecule has 0 aromatic carbocycles. The third-order valence-corrected chi connectivity index (χ3v) is 5.97. The Balaban J connectivity index is 0.000000941. The summed E-state index contributed by atoms with van der Waals surface area (Å²) in [5.41, 5.74) is 1.50. The first-order valence-electron chi connectivity index (χ1n) is 10.6. The summed E-state index contributed by atoms with van der Waals surface area (Å²) in [7, 11) is 1.25. The molecule has 172 valence electrons. The molecular formula is C22H38Br2N4Ni-2. The first-order chi connectivity index (χ1) is 13.5. The summed E-state index contributed by atoms with van der Waals surface area (Å²) in [6.45, 7) is 18.0. The van der Waals surface area contributed by atoms with E-state index in [4.69, 9.17) is 10.6 Å². The van der Waals surface area contributed by atoms with Crippen LogP contribution < -0.4 is 0 Å². The van der Waals surface area contributed by atoms with E-state index in [2.05, 4.69) is 98.0 Å². The zero-order valence-electron chi connectivity index (χ0n) is 18.8. The van der Waals surface area contributed by atoms with E-state index in [0.717, 1.165) is 26.2 Å². The summed E-state index contributed by atoms with van der Waals surface area (Å²) < 4.78 is 0. The van der Waals surface area contributed by atoms with E-state index in [0.29, 0.717) is 12.1 Å². The number of rotatable bonds is 0. The normalized spacial score (nSPS) is 29.7. The molecule has 0 spiro atoms. The summed E-state index contributed by atoms with van der Waals surface area (Å²) in [6, 6.07) is 1.19. The van der Waals surface area contributed by atoms with E-state index in [1.807, 2.05) is 0 Å². The van der Waals surface area contributed by atoms with Crippen LogP contribution >= 0.6 is 28.5 Å². The second-order valence-electron chi connectivity index (χ2n) is 10.3. The van der Waals surface area contributed by atoms with Gasteiger partial charge in [0, 0.05) is 17.6 Å². The molecule has 3 aliphatic rings. The molecule has 29 heavy (non-hydrogen) atoms. The minimum absolute atomic E-state index is 0.136. The van der Waals surface area contributed by atoms with E-state index >= 15 is 0 Å². The fraction of sp³-hybridized carbons (Fsp3) is 0.818. The molecule has 3 atom stereocenters. The van der Waals surface area contributed by atoms with Crippen LogP contribution in [0.15, 0.2) is 23.9 Å². The van der Waals surface area contributed by atoms with Gasteiger partial charge in [-0.1, -0.05) is 43.5 Å². The number of fused-ring (bicyclic) bond motifs is 4. The van der Waals surface area contributed by atoms with Crippen molar-refractivity contribution in [3.8, 4) is 0 Å². The second-order valence-corrected chi connectivity index (χ2v) is 15.3. The number of hydrogen-bond donors (Lipinski definition) is 0. The van der Waals surface area contributed by atoms with Crippen molar-refractivity contribution in [2.75, 3.05) is 26.2 Å². The molecule has 0 aromatic rings. The van der Waals surface area contributed by atoms with Gasteiger partial charge in [-0.2, -0.15) is 0 Å². The molecule has 0 radical (unpaired) electrons. The maximum absolute atomic E-state index is 5.29. The summed E-state index contributed by atoms with van der Waals surface area (Å²) in [6.07, 6.45) is 10.5. The van der Waals surface area contributed by atoms with Crippen molar-refractivity contribution in [1.29, 1.82) is 0 Å². The Kier molecular flexibility index (Phi) is 10.2. The van der Waals surface area contributed by atoms with Gasteiger partial charge in [0.05, 0.1) is 0 Å². The van der Waals surface area contributed by atoms with E-state index in [-0.39, 0.29) is 17.1 Å². The predicted octanol–water partition coefficient (Wildman–Crippen LogP) is 6.38. The van der Waals surface area contributed by atoms with Crippen molar-refractivity contribution in [3.05, 3.63) is 34.6 Å². The zero-order chi connectivity index (χ0) is 21.7. The van der Waals surface area contributed by atoms with Crippen molar-refractivity contribution in [3.63, 3.8) is 0 Å². The van der Waals surface area contributed by atoms with E-state index in [1.165, 1.54) is 35.9 Å². The van der Waals surface area contributed by atoms with Crippen LogP contribution in [0.3, 0.4) is 0 Å². The quantitative estimate of drug-likeness (QED) is 0.314. The Morgan fingerprint density at radius 2 is 1.48 bits per heavy atom. The van der Waals surface area contributed by atoms with Crippen LogP contribution in [0.2, 0.25) is 0 Å². The third kappa shape index (κ3) is 8.58. The Morgan fingerprint density at radius 3 is 2.03 bits per heavy atom. The van der Waals surface area contributed by atoms with Crippen LogP contribution in [0.1, 0.15) is 60.8 Å². The average molecular weight is 577 g/mol. The number of allylic oxidation sites excluding steroid dienone is 2. The minimum atomic E-state index is 0.136. The Bertz CT molecular complexity index is 568. The molecule has 0 N–H and O–H groups in total. The fourth-order valence-electron chi connectivity index (χ4n) is 4.23. The van der Waals surface area contributed by atoms with Gasteiger partial charge in [-0.15, -0.1) is 17.8 Å². The Hall–Kier alpha value is 0.614. The van der Waals surface area contributed by atoms with Crippen LogP contribution in [0.4, 0.5) is 0 Å². The molecule has 4 bridgehead atoms. The average Bonchev–Trinajstić information content (AvgIpc) is 2.60. The van der Waals surface area contributed by atoms with Gasteiger partial charge in [-0.05, 0) is 61.2 Å². The second kappa shape index (κ2) is 11.5. The zero-order valence-corrected chi connectivity index (χ0v) is 22.9. The summed E-state index contributed by atoms with van der Waals surface area (Å²) >= 11 is 6.00. The van der Waals surface area contributed by atoms with E-state index < -0.39 is 0 Å². The van der Waals surface area contributed by atoms with Gasteiger partial charge in [-0.25, -0.2) is 0 Å². The fourth-order valence-corrected chi connectivity index (χ4v) is 4.23. The topological polar surface area (TPSA) is 34.7 Å². The van der Waals surface area contributed by atoms with Crippen molar-refractivity contribution in [1.82, 2.24) is 9.80 Å². The molecule has 0 aromatic heterocycles. The SMILES string of the molecule is CC(C)(C)N1CC2=CC=CC(CN(C(C)(C)C)CC3CCCC(C1)[N-]3)[N-]2.[Br][Ni][Br]. The standard InChI is InChI=1S/C22H38N4.2BrH.Ni/c1-21(2,3)25-13-17-9-7-11-19(23-17)15-26(22(4,5)6)16-20-12-8-10-18(14-25)24-20;;;/h7,9,11,17-18,20H,8,10,12-16H2,1-6H3;2*1H;/q-2;;;+2/p-2. The van der Waals surface area contributed by atoms with Crippen LogP contribution in [0, 0.1) is 0 Å². The van der Waals surface area contributed by atoms with Crippen molar-refractivity contribution < 1.29 is 10.9 Å². The van der Waals surface area contributed by atoms with Gasteiger partial charge >= 0.3 is 39.3 Å². The van der Waals surface area contributed by atoms with Crippen molar-refractivity contribution in [2.45, 2.75) is 90.0 Å². The Morgan fingerprint density at radius 1 is 0.931 bits per heavy atom. The number of piperidine rings is 1. The van der Waals surface area contributed by atoms with Gasteiger partial charge < -0.3 is 15.5 Å². The van der Waals surface area contributed by atoms with Crippen molar-refractivity contribution >= 4 is 28.5 Å². The summed E-state index contributed by atoms with van der Waals surface area (Å²) in [4.78, 5) is 5.19. The van der Waals surface area contributed by atoms with Crippen LogP contribution in [-0.4, -0.2) is 65.2 Å². The molecule has 3 heterocycles. The molecule has 0 saturated carbocycles. The molecule has 7 heteroatoms. The summed E-state index contributed by atoms with van der Waals surface area (Å²) in [5, 5.41) is 10.4. The van der Waals surface area contributed by atoms with Gasteiger partial charge in [0.1, 0.15) is 0 Å². The molecule has 3 aliphatic heterocycles. The first-order valence-corrected chi connectivity index (χ1v) is 15.5. The monoisotopic (exact) mass is 574 g/mol. The molecule has 0 aliphatic carbocycles. The van der Waals surface area contributed by atoms with Gasteiger partial charge in [0.25, 0.3) is 0 Å². The molecule has 3 rings (SSSR count). The molecule has 0 amide bonds. The Labute approximate surface area is 199 Å². The molecule has 2 saturated heterocycles. The van der Waals surface area contributed by atoms with Crippen LogP contribution in [-0.2, 0) is 10.9 Å². The van der Waals surface area contributed by atoms with Crippen LogP contribution in [0.25, 0.3) is 10.6 Å². The number of hydrogen-bond acceptors (Lipinski definition) is 2. The molecule has 3 unspecified atom stereocenters. The maximum atomic E-state index is 5.29. The van der Waals surface area contributed by atoms with Crippen LogP contribution in [0.5, 0.6) is 0 Å². The third-order valence-electron chi connectivity index (χ3n) is 5.97. The van der Waals surface area contributed by atoms with Gasteiger partial charge in [-0.3, -0.25) is 4.90 Å². The molecular weight excluding hydrogens is 539 g/mol. The van der Waals surface area contributed by atoms with E-state index in [1.54, 1.807) is 0 Å². The number of halogens is 2. The predicted molar refractivity (Wildman–Crippen MR) is 130 cm³/mol. The molecule has 2 fully saturated rings. The first kappa shape index (κ1) is 25.9. The molecule has 4 nitrogen and oxygen atoms in total. The van der Waals surface area contributed by atoms with Crippen molar-refractivity contribution in [2.24, 2.45) is 0 Å².